The van der Waals surface area contributed by atoms with Crippen LogP contribution in [-0.2, 0) is 14.3 Å². The molecule has 2 amide bonds. The summed E-state index contributed by atoms with van der Waals surface area (Å²) in [6, 6.07) is 10.2. The number of amides is 2. The topological polar surface area (TPSA) is 103 Å². The Morgan fingerprint density at radius 2 is 1.77 bits per heavy atom. The first-order chi connectivity index (χ1) is 14.3. The van der Waals surface area contributed by atoms with Gasteiger partial charge in [-0.25, -0.2) is 4.79 Å². The minimum absolute atomic E-state index is 0.222. The second kappa shape index (κ2) is 10.8. The monoisotopic (exact) mass is 414 g/mol. The summed E-state index contributed by atoms with van der Waals surface area (Å²) in [5.41, 5.74) is 2.91. The Balaban J connectivity index is 1.82. The smallest absolute Gasteiger partial charge is 0.338 e. The Bertz CT molecular complexity index is 926. The summed E-state index contributed by atoms with van der Waals surface area (Å²) in [6.45, 7) is 5.32. The Hall–Kier alpha value is -3.55. The molecule has 0 aliphatic heterocycles. The van der Waals surface area contributed by atoms with Crippen LogP contribution in [0.15, 0.2) is 36.4 Å². The number of esters is 1. The third kappa shape index (κ3) is 6.23. The minimum atomic E-state index is -0.686. The molecular formula is C22H26N2O6. The van der Waals surface area contributed by atoms with E-state index in [-0.39, 0.29) is 18.0 Å². The van der Waals surface area contributed by atoms with Gasteiger partial charge in [0.2, 0.25) is 5.91 Å². The number of hydrogen-bond donors (Lipinski definition) is 2. The van der Waals surface area contributed by atoms with Gasteiger partial charge in [-0.3, -0.25) is 9.59 Å². The van der Waals surface area contributed by atoms with E-state index in [4.69, 9.17) is 14.2 Å². The van der Waals surface area contributed by atoms with Gasteiger partial charge < -0.3 is 24.8 Å². The molecule has 0 bridgehead atoms. The first-order valence-corrected chi connectivity index (χ1v) is 9.46. The average molecular weight is 414 g/mol. The van der Waals surface area contributed by atoms with Gasteiger partial charge in [0.15, 0.2) is 18.1 Å². The lowest BCUT2D eigenvalue weighted by Crippen LogP contribution is -2.35. The minimum Gasteiger partial charge on any atom is -0.493 e. The number of benzene rings is 2. The number of anilines is 1. The molecule has 2 rings (SSSR count). The largest absolute Gasteiger partial charge is 0.493 e. The van der Waals surface area contributed by atoms with Crippen molar-refractivity contribution in [1.82, 2.24) is 5.32 Å². The summed E-state index contributed by atoms with van der Waals surface area (Å²) in [5, 5.41) is 5.16. The van der Waals surface area contributed by atoms with E-state index in [0.29, 0.717) is 23.8 Å². The van der Waals surface area contributed by atoms with E-state index < -0.39 is 18.5 Å². The van der Waals surface area contributed by atoms with Crippen LogP contribution in [0.25, 0.3) is 0 Å². The second-order valence-electron chi connectivity index (χ2n) is 6.45. The molecule has 0 saturated heterocycles. The molecule has 0 radical (unpaired) electrons. The van der Waals surface area contributed by atoms with Crippen molar-refractivity contribution in [3.63, 3.8) is 0 Å². The SMILES string of the molecule is CCOc1cc(C(=O)OCC(=O)NCC(=O)Nc2cccc(C)c2C)ccc1OC. The van der Waals surface area contributed by atoms with E-state index in [1.54, 1.807) is 12.1 Å². The molecular weight excluding hydrogens is 388 g/mol. The lowest BCUT2D eigenvalue weighted by Gasteiger charge is -2.12. The molecule has 0 unspecified atom stereocenters. The molecule has 160 valence electrons. The maximum absolute atomic E-state index is 12.2. The van der Waals surface area contributed by atoms with Crippen LogP contribution in [0.1, 0.15) is 28.4 Å². The van der Waals surface area contributed by atoms with Gasteiger partial charge in [-0.15, -0.1) is 0 Å². The molecule has 8 nitrogen and oxygen atoms in total. The van der Waals surface area contributed by atoms with Crippen LogP contribution in [0.5, 0.6) is 11.5 Å². The maximum atomic E-state index is 12.2. The average Bonchev–Trinajstić information content (AvgIpc) is 2.74. The van der Waals surface area contributed by atoms with Crippen molar-refractivity contribution in [3.8, 4) is 11.5 Å². The number of ether oxygens (including phenoxy) is 3. The third-order valence-corrected chi connectivity index (χ3v) is 4.36. The molecule has 0 spiro atoms. The summed E-state index contributed by atoms with van der Waals surface area (Å²) in [6.07, 6.45) is 0. The highest BCUT2D eigenvalue weighted by atomic mass is 16.5. The fourth-order valence-electron chi connectivity index (χ4n) is 2.60. The van der Waals surface area contributed by atoms with Crippen LogP contribution in [-0.4, -0.2) is 44.7 Å². The van der Waals surface area contributed by atoms with Gasteiger partial charge >= 0.3 is 5.97 Å². The predicted molar refractivity (Wildman–Crippen MR) is 112 cm³/mol. The van der Waals surface area contributed by atoms with E-state index in [2.05, 4.69) is 10.6 Å². The van der Waals surface area contributed by atoms with Crippen LogP contribution in [0.4, 0.5) is 5.69 Å². The zero-order valence-electron chi connectivity index (χ0n) is 17.5. The fraction of sp³-hybridized carbons (Fsp3) is 0.318. The van der Waals surface area contributed by atoms with Crippen molar-refractivity contribution in [2.45, 2.75) is 20.8 Å². The molecule has 2 N–H and O–H groups in total. The quantitative estimate of drug-likeness (QED) is 0.612. The number of carbonyl (C=O) groups excluding carboxylic acids is 3. The lowest BCUT2D eigenvalue weighted by molar-refractivity contribution is -0.126. The van der Waals surface area contributed by atoms with Crippen molar-refractivity contribution in [1.29, 1.82) is 0 Å². The molecule has 0 aliphatic rings. The van der Waals surface area contributed by atoms with Crippen LogP contribution in [0, 0.1) is 13.8 Å². The van der Waals surface area contributed by atoms with Gasteiger partial charge in [-0.05, 0) is 56.2 Å². The molecule has 2 aromatic rings. The standard InChI is InChI=1S/C22H26N2O6/c1-5-29-19-11-16(9-10-18(19)28-4)22(27)30-13-21(26)23-12-20(25)24-17-8-6-7-14(2)15(17)3/h6-11H,5,12-13H2,1-4H3,(H,23,26)(H,24,25). The van der Waals surface area contributed by atoms with Gasteiger partial charge in [-0.1, -0.05) is 12.1 Å². The van der Waals surface area contributed by atoms with E-state index in [0.717, 1.165) is 11.1 Å². The van der Waals surface area contributed by atoms with Crippen molar-refractivity contribution in [2.75, 3.05) is 32.2 Å². The van der Waals surface area contributed by atoms with Crippen molar-refractivity contribution in [2.24, 2.45) is 0 Å². The molecule has 0 aromatic heterocycles. The highest BCUT2D eigenvalue weighted by Crippen LogP contribution is 2.28. The van der Waals surface area contributed by atoms with Gasteiger partial charge in [0, 0.05) is 5.69 Å². The first kappa shape index (κ1) is 22.7. The maximum Gasteiger partial charge on any atom is 0.338 e. The van der Waals surface area contributed by atoms with E-state index >= 15 is 0 Å². The zero-order chi connectivity index (χ0) is 22.1. The van der Waals surface area contributed by atoms with Crippen molar-refractivity contribution < 1.29 is 28.6 Å². The third-order valence-electron chi connectivity index (χ3n) is 4.36. The Labute approximate surface area is 175 Å². The molecule has 0 saturated carbocycles. The van der Waals surface area contributed by atoms with Gasteiger partial charge in [-0.2, -0.15) is 0 Å². The Morgan fingerprint density at radius 1 is 1.00 bits per heavy atom. The van der Waals surface area contributed by atoms with Gasteiger partial charge in [0.1, 0.15) is 0 Å². The summed E-state index contributed by atoms with van der Waals surface area (Å²) in [5.74, 6) is -0.755. The fourth-order valence-corrected chi connectivity index (χ4v) is 2.60. The molecule has 0 fully saturated rings. The normalized spacial score (nSPS) is 10.1. The Morgan fingerprint density at radius 3 is 2.47 bits per heavy atom. The summed E-state index contributed by atoms with van der Waals surface area (Å²) < 4.78 is 15.6. The predicted octanol–water partition coefficient (Wildman–Crippen LogP) is 2.62. The van der Waals surface area contributed by atoms with Gasteiger partial charge in [0.05, 0.1) is 25.8 Å². The number of nitrogens with one attached hydrogen (secondary N) is 2. The molecule has 30 heavy (non-hydrogen) atoms. The van der Waals surface area contributed by atoms with Crippen LogP contribution < -0.4 is 20.1 Å². The zero-order valence-corrected chi connectivity index (χ0v) is 17.5. The van der Waals surface area contributed by atoms with Crippen LogP contribution in [0.2, 0.25) is 0 Å². The summed E-state index contributed by atoms with van der Waals surface area (Å²) >= 11 is 0. The van der Waals surface area contributed by atoms with E-state index in [9.17, 15) is 14.4 Å². The molecule has 2 aromatic carbocycles. The van der Waals surface area contributed by atoms with Crippen LogP contribution >= 0.6 is 0 Å². The highest BCUT2D eigenvalue weighted by molar-refractivity contribution is 5.96. The molecule has 8 heteroatoms. The summed E-state index contributed by atoms with van der Waals surface area (Å²) in [4.78, 5) is 36.1. The number of methoxy groups -OCH3 is 1. The molecule has 0 aliphatic carbocycles. The van der Waals surface area contributed by atoms with Crippen LogP contribution in [0.3, 0.4) is 0 Å². The Kier molecular flexibility index (Phi) is 8.22. The molecule has 0 heterocycles. The number of carbonyl (C=O) groups is 3. The number of rotatable bonds is 9. The van der Waals surface area contributed by atoms with E-state index in [1.165, 1.54) is 19.2 Å². The lowest BCUT2D eigenvalue weighted by atomic mass is 10.1. The number of aryl methyl sites for hydroxylation is 1. The van der Waals surface area contributed by atoms with Crippen molar-refractivity contribution >= 4 is 23.5 Å². The first-order valence-electron chi connectivity index (χ1n) is 9.46. The van der Waals surface area contributed by atoms with E-state index in [1.807, 2.05) is 32.9 Å². The summed E-state index contributed by atoms with van der Waals surface area (Å²) in [7, 11) is 1.50. The molecule has 0 atom stereocenters. The second-order valence-corrected chi connectivity index (χ2v) is 6.45. The van der Waals surface area contributed by atoms with Crippen molar-refractivity contribution in [3.05, 3.63) is 53.1 Å². The highest BCUT2D eigenvalue weighted by Gasteiger charge is 2.14. The van der Waals surface area contributed by atoms with Gasteiger partial charge in [0.25, 0.3) is 5.91 Å². The number of hydrogen-bond acceptors (Lipinski definition) is 6.